The molecule has 0 aliphatic heterocycles. The SMILES string of the molecule is O=C(O)c1ccc(Nc2cc(-c3cnc4ccccn34)ncn2)cc1. The van der Waals surface area contributed by atoms with Crippen LogP contribution >= 0.6 is 0 Å². The van der Waals surface area contributed by atoms with Crippen molar-refractivity contribution in [3.8, 4) is 11.4 Å². The fourth-order valence-electron chi connectivity index (χ4n) is 2.53. The molecule has 0 aliphatic rings. The maximum atomic E-state index is 10.9. The van der Waals surface area contributed by atoms with Crippen molar-refractivity contribution in [2.24, 2.45) is 0 Å². The van der Waals surface area contributed by atoms with E-state index in [1.807, 2.05) is 34.9 Å². The number of rotatable bonds is 4. The zero-order chi connectivity index (χ0) is 17.2. The van der Waals surface area contributed by atoms with Crippen molar-refractivity contribution in [2.45, 2.75) is 0 Å². The average molecular weight is 331 g/mol. The van der Waals surface area contributed by atoms with E-state index in [1.165, 1.54) is 18.5 Å². The first-order valence-corrected chi connectivity index (χ1v) is 7.55. The molecule has 4 aromatic rings. The second-order valence-electron chi connectivity index (χ2n) is 5.37. The first kappa shape index (κ1) is 14.8. The number of aromatic nitrogens is 4. The molecule has 3 heterocycles. The molecule has 0 unspecified atom stereocenters. The number of carbonyl (C=O) groups is 1. The molecule has 0 aliphatic carbocycles. The number of hydrogen-bond acceptors (Lipinski definition) is 5. The van der Waals surface area contributed by atoms with Crippen LogP contribution in [-0.4, -0.2) is 30.4 Å². The minimum atomic E-state index is -0.955. The van der Waals surface area contributed by atoms with Gasteiger partial charge in [0.25, 0.3) is 0 Å². The predicted octanol–water partition coefficient (Wildman–Crippen LogP) is 3.23. The Balaban J connectivity index is 1.64. The highest BCUT2D eigenvalue weighted by molar-refractivity contribution is 5.88. The Morgan fingerprint density at radius 1 is 1.04 bits per heavy atom. The summed E-state index contributed by atoms with van der Waals surface area (Å²) in [5.41, 5.74) is 3.42. The van der Waals surface area contributed by atoms with Gasteiger partial charge in [0.05, 0.1) is 23.1 Å². The van der Waals surface area contributed by atoms with Gasteiger partial charge in [-0.2, -0.15) is 0 Å². The molecule has 3 aromatic heterocycles. The number of carboxylic acid groups (broad SMARTS) is 1. The van der Waals surface area contributed by atoms with Gasteiger partial charge in [-0.05, 0) is 36.4 Å². The Morgan fingerprint density at radius 2 is 1.88 bits per heavy atom. The second kappa shape index (κ2) is 6.04. The van der Waals surface area contributed by atoms with Crippen molar-refractivity contribution in [3.63, 3.8) is 0 Å². The summed E-state index contributed by atoms with van der Waals surface area (Å²) in [6.45, 7) is 0. The topological polar surface area (TPSA) is 92.4 Å². The van der Waals surface area contributed by atoms with Gasteiger partial charge in [0, 0.05) is 18.0 Å². The minimum absolute atomic E-state index is 0.236. The van der Waals surface area contributed by atoms with Gasteiger partial charge in [0.15, 0.2) is 0 Å². The van der Waals surface area contributed by atoms with Crippen molar-refractivity contribution in [1.82, 2.24) is 19.4 Å². The molecule has 0 fully saturated rings. The van der Waals surface area contributed by atoms with E-state index in [-0.39, 0.29) is 5.56 Å². The van der Waals surface area contributed by atoms with Gasteiger partial charge < -0.3 is 10.4 Å². The number of nitrogens with zero attached hydrogens (tertiary/aromatic N) is 4. The largest absolute Gasteiger partial charge is 0.478 e. The van der Waals surface area contributed by atoms with Crippen LogP contribution in [0.15, 0.2) is 67.3 Å². The number of pyridine rings is 1. The molecule has 7 heteroatoms. The van der Waals surface area contributed by atoms with Crippen LogP contribution < -0.4 is 5.32 Å². The molecule has 2 N–H and O–H groups in total. The van der Waals surface area contributed by atoms with Gasteiger partial charge in [-0.1, -0.05) is 6.07 Å². The predicted molar refractivity (Wildman–Crippen MR) is 92.9 cm³/mol. The molecule has 0 saturated heterocycles. The van der Waals surface area contributed by atoms with Crippen LogP contribution in [0.2, 0.25) is 0 Å². The summed E-state index contributed by atoms with van der Waals surface area (Å²) in [6.07, 6.45) is 5.17. The van der Waals surface area contributed by atoms with Crippen LogP contribution in [0.5, 0.6) is 0 Å². The molecule has 0 saturated carbocycles. The van der Waals surface area contributed by atoms with Crippen molar-refractivity contribution >= 4 is 23.1 Å². The van der Waals surface area contributed by atoms with Crippen LogP contribution in [-0.2, 0) is 0 Å². The van der Waals surface area contributed by atoms with Gasteiger partial charge in [-0.15, -0.1) is 0 Å². The number of aromatic carboxylic acids is 1. The number of anilines is 2. The van der Waals surface area contributed by atoms with Crippen LogP contribution in [0.4, 0.5) is 11.5 Å². The number of carboxylic acids is 1. The summed E-state index contributed by atoms with van der Waals surface area (Å²) >= 11 is 0. The van der Waals surface area contributed by atoms with E-state index in [1.54, 1.807) is 18.3 Å². The summed E-state index contributed by atoms with van der Waals surface area (Å²) in [4.78, 5) is 23.8. The first-order valence-electron chi connectivity index (χ1n) is 7.55. The highest BCUT2D eigenvalue weighted by atomic mass is 16.4. The normalized spacial score (nSPS) is 10.7. The number of fused-ring (bicyclic) bond motifs is 1. The minimum Gasteiger partial charge on any atom is -0.478 e. The van der Waals surface area contributed by atoms with Gasteiger partial charge in [-0.25, -0.2) is 19.7 Å². The number of hydrogen-bond donors (Lipinski definition) is 2. The summed E-state index contributed by atoms with van der Waals surface area (Å²) < 4.78 is 1.95. The van der Waals surface area contributed by atoms with Crippen molar-refractivity contribution in [3.05, 3.63) is 72.8 Å². The highest BCUT2D eigenvalue weighted by Gasteiger charge is 2.08. The molecule has 7 nitrogen and oxygen atoms in total. The van der Waals surface area contributed by atoms with Gasteiger partial charge in [-0.3, -0.25) is 4.40 Å². The van der Waals surface area contributed by atoms with E-state index in [0.29, 0.717) is 5.82 Å². The van der Waals surface area contributed by atoms with Crippen LogP contribution in [0.25, 0.3) is 17.0 Å². The lowest BCUT2D eigenvalue weighted by Gasteiger charge is -2.07. The number of nitrogens with one attached hydrogen (secondary N) is 1. The molecule has 1 aromatic carbocycles. The van der Waals surface area contributed by atoms with Crippen LogP contribution in [0.1, 0.15) is 10.4 Å². The second-order valence-corrected chi connectivity index (χ2v) is 5.37. The van der Waals surface area contributed by atoms with Crippen LogP contribution in [0, 0.1) is 0 Å². The molecule has 25 heavy (non-hydrogen) atoms. The Labute approximate surface area is 142 Å². The van der Waals surface area contributed by atoms with Gasteiger partial charge >= 0.3 is 5.97 Å². The van der Waals surface area contributed by atoms with Crippen molar-refractivity contribution in [1.29, 1.82) is 0 Å². The summed E-state index contributed by atoms with van der Waals surface area (Å²) in [5, 5.41) is 12.1. The van der Waals surface area contributed by atoms with E-state index < -0.39 is 5.97 Å². The maximum Gasteiger partial charge on any atom is 0.335 e. The molecular formula is C18H13N5O2. The van der Waals surface area contributed by atoms with E-state index in [4.69, 9.17) is 5.11 Å². The van der Waals surface area contributed by atoms with Gasteiger partial charge in [0.2, 0.25) is 0 Å². The molecule has 4 rings (SSSR count). The smallest absolute Gasteiger partial charge is 0.335 e. The first-order chi connectivity index (χ1) is 12.2. The molecule has 0 amide bonds. The molecule has 122 valence electrons. The maximum absolute atomic E-state index is 10.9. The van der Waals surface area contributed by atoms with E-state index in [0.717, 1.165) is 22.7 Å². The third-order valence-corrected chi connectivity index (χ3v) is 3.75. The lowest BCUT2D eigenvalue weighted by atomic mass is 10.2. The van der Waals surface area contributed by atoms with Crippen LogP contribution in [0.3, 0.4) is 0 Å². The fourth-order valence-corrected chi connectivity index (χ4v) is 2.53. The Bertz CT molecular complexity index is 1060. The van der Waals surface area contributed by atoms with Crippen molar-refractivity contribution in [2.75, 3.05) is 5.32 Å². The Kier molecular flexibility index (Phi) is 3.59. The summed E-state index contributed by atoms with van der Waals surface area (Å²) in [6, 6.07) is 14.1. The Morgan fingerprint density at radius 3 is 2.68 bits per heavy atom. The highest BCUT2D eigenvalue weighted by Crippen LogP contribution is 2.22. The number of imidazole rings is 1. The molecule has 0 spiro atoms. The zero-order valence-corrected chi connectivity index (χ0v) is 13.0. The van der Waals surface area contributed by atoms with Gasteiger partial charge in [0.1, 0.15) is 17.8 Å². The third kappa shape index (κ3) is 2.90. The lowest BCUT2D eigenvalue weighted by Crippen LogP contribution is -1.98. The van der Waals surface area contributed by atoms with E-state index in [2.05, 4.69) is 20.3 Å². The quantitative estimate of drug-likeness (QED) is 0.596. The molecule has 0 radical (unpaired) electrons. The third-order valence-electron chi connectivity index (χ3n) is 3.75. The van der Waals surface area contributed by atoms with E-state index >= 15 is 0 Å². The zero-order valence-electron chi connectivity index (χ0n) is 13.0. The standard InChI is InChI=1S/C18H13N5O2/c24-18(25)12-4-6-13(7-5-12)22-16-9-14(20-11-21-16)15-10-19-17-3-1-2-8-23(15)17/h1-11H,(H,24,25)(H,20,21,22). The fraction of sp³-hybridized carbons (Fsp3) is 0. The molecular weight excluding hydrogens is 318 g/mol. The molecule has 0 atom stereocenters. The average Bonchev–Trinajstić information content (AvgIpc) is 3.06. The monoisotopic (exact) mass is 331 g/mol. The molecule has 0 bridgehead atoms. The Hall–Kier alpha value is -3.74. The summed E-state index contributed by atoms with van der Waals surface area (Å²) in [5.74, 6) is -0.345. The lowest BCUT2D eigenvalue weighted by molar-refractivity contribution is 0.0697. The summed E-state index contributed by atoms with van der Waals surface area (Å²) in [7, 11) is 0. The van der Waals surface area contributed by atoms with Crippen molar-refractivity contribution < 1.29 is 9.90 Å². The van der Waals surface area contributed by atoms with E-state index in [9.17, 15) is 4.79 Å². The number of benzene rings is 1.